The predicted molar refractivity (Wildman–Crippen MR) is 108 cm³/mol. The Labute approximate surface area is 163 Å². The van der Waals surface area contributed by atoms with Crippen molar-refractivity contribution in [3.63, 3.8) is 0 Å². The van der Waals surface area contributed by atoms with Gasteiger partial charge in [-0.3, -0.25) is 4.79 Å². The van der Waals surface area contributed by atoms with E-state index in [1.807, 2.05) is 39.8 Å². The van der Waals surface area contributed by atoms with Crippen LogP contribution in [0.15, 0.2) is 42.5 Å². The van der Waals surface area contributed by atoms with Gasteiger partial charge in [-0.1, -0.05) is 18.2 Å². The first-order valence-corrected chi connectivity index (χ1v) is 10.2. The Balaban J connectivity index is 1.78. The Bertz CT molecular complexity index is 850. The van der Waals surface area contributed by atoms with Crippen LogP contribution in [-0.4, -0.2) is 21.8 Å². The monoisotopic (exact) mass is 388 g/mol. The number of amides is 1. The van der Waals surface area contributed by atoms with Crippen LogP contribution in [0, 0.1) is 5.82 Å². The number of carbonyl (C=O) groups is 1. The average molecular weight is 389 g/mol. The Morgan fingerprint density at radius 1 is 1.26 bits per heavy atom. The number of nitrogens with zero attached hydrogens (tertiary/aromatic N) is 1. The van der Waals surface area contributed by atoms with Crippen LogP contribution in [0.5, 0.6) is 0 Å². The Morgan fingerprint density at radius 2 is 2.00 bits per heavy atom. The Kier molecular flexibility index (Phi) is 5.60. The number of carbonyl (C=O) groups excluding carboxylic acids is 1. The number of fused-ring (bicyclic) bond motifs is 1. The van der Waals surface area contributed by atoms with Crippen molar-refractivity contribution in [2.45, 2.75) is 44.9 Å². The first-order chi connectivity index (χ1) is 12.7. The summed E-state index contributed by atoms with van der Waals surface area (Å²) >= 11 is -1.16. The van der Waals surface area contributed by atoms with Gasteiger partial charge in [-0.05, 0) is 69.5 Å². The zero-order valence-electron chi connectivity index (χ0n) is 16.1. The molecule has 2 atom stereocenters. The van der Waals surface area contributed by atoms with Crippen molar-refractivity contribution in [2.75, 3.05) is 11.4 Å². The second kappa shape index (κ2) is 7.62. The molecule has 2 unspecified atom stereocenters. The molecule has 0 aliphatic carbocycles. The van der Waals surface area contributed by atoms with Gasteiger partial charge < -0.3 is 9.45 Å². The molecule has 144 valence electrons. The molecule has 1 amide bonds. The predicted octanol–water partition coefficient (Wildman–Crippen LogP) is 4.14. The number of anilines is 1. The third-order valence-electron chi connectivity index (χ3n) is 4.66. The molecule has 0 fully saturated rings. The first-order valence-electron chi connectivity index (χ1n) is 9.05. The molecule has 0 aromatic heterocycles. The molecule has 1 heterocycles. The van der Waals surface area contributed by atoms with Crippen LogP contribution >= 0.6 is 0 Å². The van der Waals surface area contributed by atoms with Crippen molar-refractivity contribution < 1.29 is 13.7 Å². The Hall–Kier alpha value is -1.89. The van der Waals surface area contributed by atoms with Crippen LogP contribution in [0.3, 0.4) is 0 Å². The number of nitrogens with one attached hydrogen (secondary N) is 1. The van der Waals surface area contributed by atoms with E-state index in [4.69, 9.17) is 0 Å². The van der Waals surface area contributed by atoms with E-state index in [0.29, 0.717) is 12.1 Å². The van der Waals surface area contributed by atoms with Crippen molar-refractivity contribution in [3.8, 4) is 0 Å². The molecular formula is C21H25FN2O2S. The fourth-order valence-corrected chi connectivity index (χ4v) is 3.90. The van der Waals surface area contributed by atoms with E-state index in [1.54, 1.807) is 17.0 Å². The highest BCUT2D eigenvalue weighted by Crippen LogP contribution is 2.32. The molecule has 2 aromatic carbocycles. The van der Waals surface area contributed by atoms with E-state index in [0.717, 1.165) is 23.2 Å². The number of halogens is 1. The van der Waals surface area contributed by atoms with E-state index in [-0.39, 0.29) is 16.7 Å². The second-order valence-electron chi connectivity index (χ2n) is 7.83. The highest BCUT2D eigenvalue weighted by molar-refractivity contribution is 7.90. The lowest BCUT2D eigenvalue weighted by Gasteiger charge is -2.26. The average Bonchev–Trinajstić information content (AvgIpc) is 3.03. The van der Waals surface area contributed by atoms with Crippen LogP contribution in [-0.2, 0) is 17.8 Å². The number of hydrogen-bond donors (Lipinski definition) is 1. The van der Waals surface area contributed by atoms with Gasteiger partial charge in [0.05, 0.1) is 6.04 Å². The lowest BCUT2D eigenvalue weighted by Crippen LogP contribution is -2.40. The summed E-state index contributed by atoms with van der Waals surface area (Å²) in [5.74, 6) is -0.608. The maximum Gasteiger partial charge on any atom is 0.258 e. The molecule has 1 aliphatic heterocycles. The molecule has 0 spiro atoms. The maximum atomic E-state index is 13.4. The van der Waals surface area contributed by atoms with E-state index >= 15 is 0 Å². The summed E-state index contributed by atoms with van der Waals surface area (Å²) in [5.41, 5.74) is 3.32. The van der Waals surface area contributed by atoms with E-state index < -0.39 is 17.2 Å². The minimum absolute atomic E-state index is 0.0664. The molecule has 0 radical (unpaired) electrons. The van der Waals surface area contributed by atoms with Gasteiger partial charge in [0, 0.05) is 29.2 Å². The largest absolute Gasteiger partial charge is 0.598 e. The molecule has 0 saturated heterocycles. The number of rotatable bonds is 4. The van der Waals surface area contributed by atoms with Gasteiger partial charge in [-0.25, -0.2) is 4.39 Å². The third-order valence-corrected chi connectivity index (χ3v) is 6.34. The Morgan fingerprint density at radius 3 is 2.67 bits per heavy atom. The molecular weight excluding hydrogens is 363 g/mol. The van der Waals surface area contributed by atoms with Crippen molar-refractivity contribution in [1.29, 1.82) is 0 Å². The lowest BCUT2D eigenvalue weighted by molar-refractivity contribution is 0.0989. The van der Waals surface area contributed by atoms with Gasteiger partial charge in [0.1, 0.15) is 10.6 Å². The van der Waals surface area contributed by atoms with Gasteiger partial charge in [0.15, 0.2) is 0 Å². The summed E-state index contributed by atoms with van der Waals surface area (Å²) in [5, 5.41) is 0. The van der Waals surface area contributed by atoms with Gasteiger partial charge in [-0.15, -0.1) is 4.72 Å². The molecule has 0 saturated carbocycles. The van der Waals surface area contributed by atoms with Crippen molar-refractivity contribution in [3.05, 3.63) is 65.0 Å². The summed E-state index contributed by atoms with van der Waals surface area (Å²) in [4.78, 5) is 14.4. The van der Waals surface area contributed by atoms with Crippen molar-refractivity contribution in [2.24, 2.45) is 0 Å². The SMILES string of the molecule is CC(N[S+]([O-])C(C)(C)C)c1ccc2c(c1)CCN2C(=O)c1cccc(F)c1. The zero-order valence-corrected chi connectivity index (χ0v) is 16.9. The normalized spacial score (nSPS) is 16.1. The fourth-order valence-electron chi connectivity index (χ4n) is 3.08. The molecule has 3 rings (SSSR count). The summed E-state index contributed by atoms with van der Waals surface area (Å²) in [6, 6.07) is 11.6. The lowest BCUT2D eigenvalue weighted by atomic mass is 10.0. The smallest absolute Gasteiger partial charge is 0.258 e. The van der Waals surface area contributed by atoms with Gasteiger partial charge in [0.25, 0.3) is 5.91 Å². The fraction of sp³-hybridized carbons (Fsp3) is 0.381. The van der Waals surface area contributed by atoms with Crippen molar-refractivity contribution in [1.82, 2.24) is 4.72 Å². The molecule has 6 heteroatoms. The molecule has 4 nitrogen and oxygen atoms in total. The summed E-state index contributed by atoms with van der Waals surface area (Å²) in [7, 11) is 0. The van der Waals surface area contributed by atoms with Gasteiger partial charge in [0.2, 0.25) is 0 Å². The highest BCUT2D eigenvalue weighted by Gasteiger charge is 2.30. The number of benzene rings is 2. The molecule has 1 aliphatic rings. The zero-order chi connectivity index (χ0) is 19.8. The summed E-state index contributed by atoms with van der Waals surface area (Å²) < 4.78 is 28.6. The highest BCUT2D eigenvalue weighted by atomic mass is 32.2. The van der Waals surface area contributed by atoms with Crippen LogP contribution < -0.4 is 9.62 Å². The van der Waals surface area contributed by atoms with Crippen LogP contribution in [0.4, 0.5) is 10.1 Å². The first kappa shape index (κ1) is 19.9. The van der Waals surface area contributed by atoms with E-state index in [9.17, 15) is 13.7 Å². The minimum atomic E-state index is -1.16. The molecule has 0 bridgehead atoms. The van der Waals surface area contributed by atoms with E-state index in [1.165, 1.54) is 12.1 Å². The van der Waals surface area contributed by atoms with Crippen LogP contribution in [0.2, 0.25) is 0 Å². The van der Waals surface area contributed by atoms with Gasteiger partial charge in [-0.2, -0.15) is 0 Å². The number of hydrogen-bond acceptors (Lipinski definition) is 3. The third kappa shape index (κ3) is 4.34. The summed E-state index contributed by atoms with van der Waals surface area (Å²) in [6.07, 6.45) is 0.749. The van der Waals surface area contributed by atoms with Crippen LogP contribution in [0.1, 0.15) is 55.2 Å². The quantitative estimate of drug-likeness (QED) is 0.801. The second-order valence-corrected chi connectivity index (χ2v) is 9.82. The van der Waals surface area contributed by atoms with Crippen molar-refractivity contribution >= 4 is 23.0 Å². The molecule has 1 N–H and O–H groups in total. The standard InChI is InChI=1S/C21H25FN2O2S/c1-14(23-27(26)21(2,3)4)15-8-9-19-16(12-15)10-11-24(19)20(25)17-6-5-7-18(22)13-17/h5-9,12-14,23H,10-11H2,1-4H3. The molecule has 27 heavy (non-hydrogen) atoms. The van der Waals surface area contributed by atoms with E-state index in [2.05, 4.69) is 10.8 Å². The minimum Gasteiger partial charge on any atom is -0.598 e. The maximum absolute atomic E-state index is 13.4. The van der Waals surface area contributed by atoms with Gasteiger partial charge >= 0.3 is 0 Å². The van der Waals surface area contributed by atoms with Crippen LogP contribution in [0.25, 0.3) is 0 Å². The molecule has 2 aromatic rings. The topological polar surface area (TPSA) is 55.4 Å². The summed E-state index contributed by atoms with van der Waals surface area (Å²) in [6.45, 7) is 8.35.